The van der Waals surface area contributed by atoms with E-state index in [1.165, 1.54) is 36.6 Å². The summed E-state index contributed by atoms with van der Waals surface area (Å²) in [4.78, 5) is 4.94. The van der Waals surface area contributed by atoms with Gasteiger partial charge in [0.05, 0.1) is 11.2 Å². The zero-order valence-corrected chi connectivity index (χ0v) is 12.6. The molecule has 1 aromatic heterocycles. The lowest BCUT2D eigenvalue weighted by Crippen LogP contribution is -2.21. The molecular formula is C21H19N. The monoisotopic (exact) mass is 285 g/mol. The molecule has 2 aromatic carbocycles. The van der Waals surface area contributed by atoms with Gasteiger partial charge in [-0.15, -0.1) is 0 Å². The van der Waals surface area contributed by atoms with E-state index < -0.39 is 0 Å². The third-order valence-electron chi connectivity index (χ3n) is 5.59. The first kappa shape index (κ1) is 12.4. The first-order valence-electron chi connectivity index (χ1n) is 8.39. The third-order valence-corrected chi connectivity index (χ3v) is 5.59. The normalized spacial score (nSPS) is 22.7. The van der Waals surface area contributed by atoms with Crippen LogP contribution < -0.4 is 0 Å². The van der Waals surface area contributed by atoms with Crippen LogP contribution in [-0.2, 0) is 0 Å². The Kier molecular flexibility index (Phi) is 2.63. The molecule has 3 aromatic rings. The number of aromatic nitrogens is 1. The Morgan fingerprint density at radius 3 is 2.32 bits per heavy atom. The van der Waals surface area contributed by atoms with Crippen LogP contribution in [0.25, 0.3) is 22.2 Å². The molecule has 1 heterocycles. The molecule has 0 aliphatic heterocycles. The molecule has 0 N–H and O–H groups in total. The average Bonchev–Trinajstić information content (AvgIpc) is 2.62. The first-order chi connectivity index (χ1) is 10.9. The molecule has 3 aliphatic rings. The molecule has 22 heavy (non-hydrogen) atoms. The fourth-order valence-corrected chi connectivity index (χ4v) is 4.52. The minimum atomic E-state index is 0.771. The predicted octanol–water partition coefficient (Wildman–Crippen LogP) is 5.66. The van der Waals surface area contributed by atoms with Gasteiger partial charge < -0.3 is 0 Å². The Bertz CT molecular complexity index is 842. The molecular weight excluding hydrogens is 266 g/mol. The quantitative estimate of drug-likeness (QED) is 0.562. The van der Waals surface area contributed by atoms with Crippen LogP contribution in [-0.4, -0.2) is 4.98 Å². The van der Waals surface area contributed by atoms with E-state index in [0.717, 1.165) is 23.0 Å². The number of nitrogens with zero attached hydrogens (tertiary/aromatic N) is 1. The van der Waals surface area contributed by atoms with E-state index in [0.29, 0.717) is 0 Å². The van der Waals surface area contributed by atoms with Crippen LogP contribution in [0.4, 0.5) is 0 Å². The molecule has 1 fully saturated rings. The summed E-state index contributed by atoms with van der Waals surface area (Å²) in [6, 6.07) is 19.6. The van der Waals surface area contributed by atoms with Gasteiger partial charge in [-0.2, -0.15) is 0 Å². The van der Waals surface area contributed by atoms with Gasteiger partial charge in [0.1, 0.15) is 0 Å². The molecule has 3 aliphatic carbocycles. The highest BCUT2D eigenvalue weighted by atomic mass is 14.7. The molecule has 2 bridgehead atoms. The van der Waals surface area contributed by atoms with Gasteiger partial charge in [-0.25, -0.2) is 4.98 Å². The molecule has 0 unspecified atom stereocenters. The Labute approximate surface area is 131 Å². The van der Waals surface area contributed by atoms with Gasteiger partial charge in [-0.1, -0.05) is 42.5 Å². The molecule has 1 nitrogen and oxygen atoms in total. The Hall–Kier alpha value is -2.15. The van der Waals surface area contributed by atoms with Gasteiger partial charge >= 0.3 is 0 Å². The Balaban J connectivity index is 1.71. The molecule has 1 saturated carbocycles. The molecule has 108 valence electrons. The summed E-state index contributed by atoms with van der Waals surface area (Å²) >= 11 is 0. The number of hydrogen-bond donors (Lipinski definition) is 0. The Morgan fingerprint density at radius 2 is 1.50 bits per heavy atom. The number of pyridine rings is 1. The minimum Gasteiger partial charge on any atom is -0.248 e. The molecule has 0 saturated heterocycles. The van der Waals surface area contributed by atoms with Crippen LogP contribution >= 0.6 is 0 Å². The van der Waals surface area contributed by atoms with Crippen LogP contribution in [0, 0.1) is 0 Å². The highest BCUT2D eigenvalue weighted by Crippen LogP contribution is 2.51. The summed E-state index contributed by atoms with van der Waals surface area (Å²) in [5, 5.41) is 1.39. The molecule has 0 radical (unpaired) electrons. The largest absolute Gasteiger partial charge is 0.248 e. The van der Waals surface area contributed by atoms with Crippen molar-refractivity contribution in [1.82, 2.24) is 4.98 Å². The van der Waals surface area contributed by atoms with Crippen molar-refractivity contribution in [1.29, 1.82) is 0 Å². The number of benzene rings is 2. The van der Waals surface area contributed by atoms with E-state index in [9.17, 15) is 0 Å². The lowest BCUT2D eigenvalue weighted by molar-refractivity contribution is 0.361. The van der Waals surface area contributed by atoms with Crippen molar-refractivity contribution in [2.75, 3.05) is 0 Å². The summed E-state index contributed by atoms with van der Waals surface area (Å²) in [6.07, 6.45) is 5.52. The van der Waals surface area contributed by atoms with Crippen molar-refractivity contribution in [3.8, 4) is 11.3 Å². The minimum absolute atomic E-state index is 0.771. The summed E-state index contributed by atoms with van der Waals surface area (Å²) in [7, 11) is 0. The Morgan fingerprint density at radius 1 is 0.727 bits per heavy atom. The first-order valence-corrected chi connectivity index (χ1v) is 8.39. The topological polar surface area (TPSA) is 12.9 Å². The van der Waals surface area contributed by atoms with Crippen LogP contribution in [0.5, 0.6) is 0 Å². The fourth-order valence-electron chi connectivity index (χ4n) is 4.52. The van der Waals surface area contributed by atoms with Crippen molar-refractivity contribution in [2.24, 2.45) is 0 Å². The van der Waals surface area contributed by atoms with Crippen LogP contribution in [0.15, 0.2) is 54.6 Å². The van der Waals surface area contributed by atoms with Gasteiger partial charge in [-0.3, -0.25) is 0 Å². The second kappa shape index (κ2) is 4.67. The fraction of sp³-hybridized carbons (Fsp3) is 0.286. The maximum absolute atomic E-state index is 4.94. The maximum atomic E-state index is 4.94. The zero-order chi connectivity index (χ0) is 14.5. The summed E-state index contributed by atoms with van der Waals surface area (Å²) in [5.74, 6) is 1.58. The van der Waals surface area contributed by atoms with E-state index in [1.54, 1.807) is 11.1 Å². The van der Waals surface area contributed by atoms with Crippen molar-refractivity contribution in [3.05, 3.63) is 65.7 Å². The third kappa shape index (κ3) is 1.75. The molecule has 0 amide bonds. The van der Waals surface area contributed by atoms with Crippen molar-refractivity contribution in [2.45, 2.75) is 37.5 Å². The van der Waals surface area contributed by atoms with Gasteiger partial charge in [0.15, 0.2) is 0 Å². The molecule has 6 rings (SSSR count). The standard InChI is InChI=1S/C21H19N/c1-2-4-15(5-3-1)19-12-11-18-20(22-19)13-10-17-14-6-8-16(9-7-14)21(17)18/h1-5,10-14,16H,6-9H2. The highest BCUT2D eigenvalue weighted by molar-refractivity contribution is 5.87. The summed E-state index contributed by atoms with van der Waals surface area (Å²) in [5.41, 5.74) is 6.67. The smallest absolute Gasteiger partial charge is 0.0712 e. The summed E-state index contributed by atoms with van der Waals surface area (Å²) < 4.78 is 0. The van der Waals surface area contributed by atoms with Crippen molar-refractivity contribution < 1.29 is 0 Å². The van der Waals surface area contributed by atoms with E-state index in [-0.39, 0.29) is 0 Å². The SMILES string of the molecule is c1ccc(-c2ccc3c4c(ccc3n2)C2CCC4CC2)cc1. The number of fused-ring (bicyclic) bond motifs is 3. The molecule has 0 atom stereocenters. The summed E-state index contributed by atoms with van der Waals surface area (Å²) in [6.45, 7) is 0. The lowest BCUT2D eigenvalue weighted by atomic mass is 9.66. The predicted molar refractivity (Wildman–Crippen MR) is 91.1 cm³/mol. The van der Waals surface area contributed by atoms with Gasteiger partial charge in [0, 0.05) is 10.9 Å². The van der Waals surface area contributed by atoms with Crippen LogP contribution in [0.3, 0.4) is 0 Å². The average molecular weight is 285 g/mol. The van der Waals surface area contributed by atoms with Gasteiger partial charge in [-0.05, 0) is 60.8 Å². The second-order valence-corrected chi connectivity index (χ2v) is 6.75. The van der Waals surface area contributed by atoms with E-state index in [4.69, 9.17) is 4.98 Å². The van der Waals surface area contributed by atoms with E-state index >= 15 is 0 Å². The number of rotatable bonds is 1. The zero-order valence-electron chi connectivity index (χ0n) is 12.6. The van der Waals surface area contributed by atoms with Crippen molar-refractivity contribution >= 4 is 10.9 Å². The van der Waals surface area contributed by atoms with Gasteiger partial charge in [0.25, 0.3) is 0 Å². The van der Waals surface area contributed by atoms with E-state index in [1.807, 2.05) is 0 Å². The van der Waals surface area contributed by atoms with E-state index in [2.05, 4.69) is 54.6 Å². The number of hydrogen-bond acceptors (Lipinski definition) is 1. The highest BCUT2D eigenvalue weighted by Gasteiger charge is 2.33. The lowest BCUT2D eigenvalue weighted by Gasteiger charge is -2.39. The second-order valence-electron chi connectivity index (χ2n) is 6.75. The van der Waals surface area contributed by atoms with Crippen LogP contribution in [0.2, 0.25) is 0 Å². The maximum Gasteiger partial charge on any atom is 0.0712 e. The van der Waals surface area contributed by atoms with Gasteiger partial charge in [0.2, 0.25) is 0 Å². The van der Waals surface area contributed by atoms with Crippen LogP contribution in [0.1, 0.15) is 48.6 Å². The molecule has 0 spiro atoms. The van der Waals surface area contributed by atoms with Crippen molar-refractivity contribution in [3.63, 3.8) is 0 Å². The molecule has 1 heteroatoms.